The highest BCUT2D eigenvalue weighted by molar-refractivity contribution is 8.01. The topological polar surface area (TPSA) is 57.8 Å². The Morgan fingerprint density at radius 2 is 2.00 bits per heavy atom. The quantitative estimate of drug-likeness (QED) is 0.840. The molecule has 2 aromatic rings. The lowest BCUT2D eigenvalue weighted by atomic mass is 10.0. The van der Waals surface area contributed by atoms with Crippen molar-refractivity contribution in [2.24, 2.45) is 0 Å². The van der Waals surface area contributed by atoms with Crippen LogP contribution in [0.4, 0.5) is 5.82 Å². The minimum Gasteiger partial charge on any atom is -0.308 e. The molecule has 2 atom stereocenters. The highest BCUT2D eigenvalue weighted by Gasteiger charge is 2.31. The van der Waals surface area contributed by atoms with Gasteiger partial charge < -0.3 is 5.32 Å². The van der Waals surface area contributed by atoms with Crippen LogP contribution in [-0.2, 0) is 4.79 Å². The van der Waals surface area contributed by atoms with Gasteiger partial charge in [0, 0.05) is 11.3 Å². The van der Waals surface area contributed by atoms with Crippen LogP contribution >= 0.6 is 11.8 Å². The van der Waals surface area contributed by atoms with Gasteiger partial charge in [-0.25, -0.2) is 0 Å². The maximum Gasteiger partial charge on any atom is 0.238 e. The summed E-state index contributed by atoms with van der Waals surface area (Å²) in [6, 6.07) is 10.2. The number of nitrogens with zero attached hydrogens (tertiary/aromatic N) is 1. The Bertz CT molecular complexity index is 608. The summed E-state index contributed by atoms with van der Waals surface area (Å²) in [4.78, 5) is 12.0. The summed E-state index contributed by atoms with van der Waals surface area (Å²) < 4.78 is 0. The first-order chi connectivity index (χ1) is 9.16. The molecule has 0 spiro atoms. The fourth-order valence-electron chi connectivity index (χ4n) is 2.28. The van der Waals surface area contributed by atoms with Crippen molar-refractivity contribution < 1.29 is 4.79 Å². The number of rotatable bonds is 1. The Hall–Kier alpha value is -1.75. The SMILES string of the molecule is Cc1[nH]nc2c1[C@@H](c1ccccc1)S[C@H](C)C(=O)N2. The van der Waals surface area contributed by atoms with Gasteiger partial charge in [-0.05, 0) is 19.4 Å². The van der Waals surface area contributed by atoms with Crippen LogP contribution in [0.5, 0.6) is 0 Å². The summed E-state index contributed by atoms with van der Waals surface area (Å²) >= 11 is 1.66. The maximum absolute atomic E-state index is 12.0. The van der Waals surface area contributed by atoms with E-state index in [0.29, 0.717) is 5.82 Å². The average Bonchev–Trinajstić information content (AvgIpc) is 2.71. The van der Waals surface area contributed by atoms with E-state index in [1.807, 2.05) is 32.0 Å². The minimum absolute atomic E-state index is 0.0104. The van der Waals surface area contributed by atoms with Gasteiger partial charge in [-0.2, -0.15) is 5.10 Å². The number of benzene rings is 1. The zero-order chi connectivity index (χ0) is 13.4. The first-order valence-electron chi connectivity index (χ1n) is 6.23. The molecule has 2 heterocycles. The highest BCUT2D eigenvalue weighted by atomic mass is 32.2. The van der Waals surface area contributed by atoms with Crippen LogP contribution in [0.15, 0.2) is 30.3 Å². The van der Waals surface area contributed by atoms with E-state index < -0.39 is 0 Å². The predicted molar refractivity (Wildman–Crippen MR) is 77.3 cm³/mol. The summed E-state index contributed by atoms with van der Waals surface area (Å²) in [5.74, 6) is 0.671. The van der Waals surface area contributed by atoms with Gasteiger partial charge in [0.2, 0.25) is 5.91 Å². The van der Waals surface area contributed by atoms with Crippen LogP contribution < -0.4 is 5.32 Å². The molecule has 3 rings (SSSR count). The van der Waals surface area contributed by atoms with Crippen molar-refractivity contribution in [3.8, 4) is 0 Å². The van der Waals surface area contributed by atoms with E-state index in [4.69, 9.17) is 0 Å². The molecule has 1 aromatic carbocycles. The number of thioether (sulfide) groups is 1. The van der Waals surface area contributed by atoms with Crippen LogP contribution in [0.3, 0.4) is 0 Å². The Morgan fingerprint density at radius 3 is 2.74 bits per heavy atom. The number of H-pyrrole nitrogens is 1. The molecule has 0 saturated heterocycles. The lowest BCUT2D eigenvalue weighted by Crippen LogP contribution is -2.21. The average molecular weight is 273 g/mol. The summed E-state index contributed by atoms with van der Waals surface area (Å²) in [5, 5.41) is 10.1. The van der Waals surface area contributed by atoms with Gasteiger partial charge in [0.15, 0.2) is 5.82 Å². The third kappa shape index (κ3) is 2.14. The normalized spacial score (nSPS) is 22.5. The van der Waals surface area contributed by atoms with E-state index in [1.54, 1.807) is 11.8 Å². The second-order valence-electron chi connectivity index (χ2n) is 4.67. The summed E-state index contributed by atoms with van der Waals surface area (Å²) in [7, 11) is 0. The van der Waals surface area contributed by atoms with Crippen molar-refractivity contribution in [3.63, 3.8) is 0 Å². The lowest BCUT2D eigenvalue weighted by molar-refractivity contribution is -0.115. The molecule has 1 amide bonds. The largest absolute Gasteiger partial charge is 0.308 e. The van der Waals surface area contributed by atoms with Crippen LogP contribution in [-0.4, -0.2) is 21.4 Å². The number of carbonyl (C=O) groups excluding carboxylic acids is 1. The monoisotopic (exact) mass is 273 g/mol. The number of carbonyl (C=O) groups is 1. The number of aryl methyl sites for hydroxylation is 1. The number of hydrogen-bond acceptors (Lipinski definition) is 3. The first-order valence-corrected chi connectivity index (χ1v) is 7.17. The number of aromatic nitrogens is 2. The smallest absolute Gasteiger partial charge is 0.238 e. The zero-order valence-corrected chi connectivity index (χ0v) is 11.6. The molecule has 4 nitrogen and oxygen atoms in total. The Kier molecular flexibility index (Phi) is 3.06. The fraction of sp³-hybridized carbons (Fsp3) is 0.286. The summed E-state index contributed by atoms with van der Waals surface area (Å²) in [6.45, 7) is 3.92. The molecule has 0 saturated carbocycles. The zero-order valence-electron chi connectivity index (χ0n) is 10.8. The van der Waals surface area contributed by atoms with Gasteiger partial charge in [-0.1, -0.05) is 30.3 Å². The van der Waals surface area contributed by atoms with Crippen molar-refractivity contribution in [2.75, 3.05) is 5.32 Å². The molecule has 2 N–H and O–H groups in total. The van der Waals surface area contributed by atoms with Crippen LogP contribution in [0.1, 0.15) is 29.0 Å². The van der Waals surface area contributed by atoms with Crippen molar-refractivity contribution in [1.29, 1.82) is 0 Å². The van der Waals surface area contributed by atoms with Crippen LogP contribution in [0.25, 0.3) is 0 Å². The molecule has 5 heteroatoms. The maximum atomic E-state index is 12.0. The molecule has 0 aliphatic carbocycles. The Labute approximate surface area is 116 Å². The van der Waals surface area contributed by atoms with Crippen LogP contribution in [0, 0.1) is 6.92 Å². The number of amides is 1. The van der Waals surface area contributed by atoms with E-state index in [1.165, 1.54) is 5.56 Å². The molecule has 0 bridgehead atoms. The Balaban J connectivity index is 2.12. The summed E-state index contributed by atoms with van der Waals surface area (Å²) in [6.07, 6.45) is 0. The first kappa shape index (κ1) is 12.3. The van der Waals surface area contributed by atoms with Crippen LogP contribution in [0.2, 0.25) is 0 Å². The summed E-state index contributed by atoms with van der Waals surface area (Å²) in [5.41, 5.74) is 3.28. The number of nitrogens with one attached hydrogen (secondary N) is 2. The van der Waals surface area contributed by atoms with E-state index >= 15 is 0 Å². The minimum atomic E-state index is -0.0983. The number of fused-ring (bicyclic) bond motifs is 1. The number of aromatic amines is 1. The number of anilines is 1. The molecule has 0 unspecified atom stereocenters. The van der Waals surface area contributed by atoms with E-state index in [-0.39, 0.29) is 16.4 Å². The molecule has 1 aromatic heterocycles. The van der Waals surface area contributed by atoms with E-state index in [0.717, 1.165) is 11.3 Å². The predicted octanol–water partition coefficient (Wildman–Crippen LogP) is 2.88. The molecule has 0 radical (unpaired) electrons. The van der Waals surface area contributed by atoms with Gasteiger partial charge in [0.1, 0.15) is 0 Å². The lowest BCUT2D eigenvalue weighted by Gasteiger charge is -2.17. The van der Waals surface area contributed by atoms with Crippen molar-refractivity contribution in [1.82, 2.24) is 10.2 Å². The van der Waals surface area contributed by atoms with Gasteiger partial charge >= 0.3 is 0 Å². The van der Waals surface area contributed by atoms with Crippen molar-refractivity contribution in [3.05, 3.63) is 47.2 Å². The molecule has 0 fully saturated rings. The number of hydrogen-bond donors (Lipinski definition) is 2. The van der Waals surface area contributed by atoms with E-state index in [2.05, 4.69) is 27.6 Å². The third-order valence-corrected chi connectivity index (χ3v) is 4.71. The van der Waals surface area contributed by atoms with Crippen molar-refractivity contribution in [2.45, 2.75) is 24.3 Å². The molecule has 19 heavy (non-hydrogen) atoms. The van der Waals surface area contributed by atoms with Crippen molar-refractivity contribution >= 4 is 23.5 Å². The van der Waals surface area contributed by atoms with Gasteiger partial charge in [0.25, 0.3) is 0 Å². The Morgan fingerprint density at radius 1 is 1.26 bits per heavy atom. The molecular formula is C14H15N3OS. The molecule has 1 aliphatic rings. The molecular weight excluding hydrogens is 258 g/mol. The standard InChI is InChI=1S/C14H15N3OS/c1-8-11-12(10-6-4-3-5-7-10)19-9(2)14(18)15-13(11)17-16-8/h3-7,9,12H,1-2H3,(H2,15,16,17,18)/t9-,12-/m1/s1. The van der Waals surface area contributed by atoms with Gasteiger partial charge in [0.05, 0.1) is 10.5 Å². The highest BCUT2D eigenvalue weighted by Crippen LogP contribution is 2.44. The third-order valence-electron chi connectivity index (χ3n) is 3.31. The van der Waals surface area contributed by atoms with Gasteiger partial charge in [-0.3, -0.25) is 9.89 Å². The molecule has 98 valence electrons. The molecule has 1 aliphatic heterocycles. The second kappa shape index (κ2) is 4.74. The van der Waals surface area contributed by atoms with Gasteiger partial charge in [-0.15, -0.1) is 11.8 Å². The second-order valence-corrected chi connectivity index (χ2v) is 6.12. The van der Waals surface area contributed by atoms with E-state index in [9.17, 15) is 4.79 Å². The fourth-order valence-corrected chi connectivity index (χ4v) is 3.61.